The standard InChI is InChI=1S/C18H15ClFN3O2S/c1-10-2-5-14-15(8-10)26-18(22-14)23-16(24)6-7-21-17(25)12-4-3-11(20)9-13(12)19/h2-5,8-9H,6-7H2,1H3,(H,21,25)(H,22,23,24). The summed E-state index contributed by atoms with van der Waals surface area (Å²) in [5, 5.41) is 5.85. The first kappa shape index (κ1) is 18.3. The van der Waals surface area contributed by atoms with Gasteiger partial charge in [-0.05, 0) is 42.8 Å². The fourth-order valence-electron chi connectivity index (χ4n) is 2.33. The molecule has 0 fully saturated rings. The quantitative estimate of drug-likeness (QED) is 0.686. The Morgan fingerprint density at radius 1 is 1.23 bits per heavy atom. The molecular weight excluding hydrogens is 377 g/mol. The zero-order valence-electron chi connectivity index (χ0n) is 13.8. The second-order valence-corrected chi connectivity index (χ2v) is 7.11. The van der Waals surface area contributed by atoms with Crippen LogP contribution in [0, 0.1) is 12.7 Å². The van der Waals surface area contributed by atoms with Crippen LogP contribution in [0.25, 0.3) is 10.2 Å². The van der Waals surface area contributed by atoms with Crippen molar-refractivity contribution < 1.29 is 14.0 Å². The number of carbonyl (C=O) groups excluding carboxylic acids is 2. The Bertz CT molecular complexity index is 990. The molecule has 0 unspecified atom stereocenters. The van der Waals surface area contributed by atoms with Gasteiger partial charge in [0.2, 0.25) is 5.91 Å². The average molecular weight is 392 g/mol. The number of rotatable bonds is 5. The molecule has 0 bridgehead atoms. The summed E-state index contributed by atoms with van der Waals surface area (Å²) >= 11 is 7.23. The molecule has 2 aromatic carbocycles. The molecule has 1 aromatic heterocycles. The van der Waals surface area contributed by atoms with Crippen LogP contribution in [0.5, 0.6) is 0 Å². The number of nitrogens with one attached hydrogen (secondary N) is 2. The van der Waals surface area contributed by atoms with Crippen LogP contribution in [0.2, 0.25) is 5.02 Å². The van der Waals surface area contributed by atoms with Crippen LogP contribution in [0.15, 0.2) is 36.4 Å². The van der Waals surface area contributed by atoms with E-state index in [1.54, 1.807) is 0 Å². The van der Waals surface area contributed by atoms with Gasteiger partial charge in [-0.25, -0.2) is 9.37 Å². The zero-order valence-corrected chi connectivity index (χ0v) is 15.4. The number of carbonyl (C=O) groups is 2. The van der Waals surface area contributed by atoms with Crippen molar-refractivity contribution in [1.29, 1.82) is 0 Å². The molecule has 0 aliphatic carbocycles. The van der Waals surface area contributed by atoms with E-state index >= 15 is 0 Å². The maximum absolute atomic E-state index is 13.0. The lowest BCUT2D eigenvalue weighted by Crippen LogP contribution is -2.27. The molecule has 2 amide bonds. The Labute approximate surface area is 158 Å². The molecule has 0 spiro atoms. The first-order chi connectivity index (χ1) is 12.4. The van der Waals surface area contributed by atoms with E-state index in [2.05, 4.69) is 15.6 Å². The van der Waals surface area contributed by atoms with Gasteiger partial charge in [-0.15, -0.1) is 0 Å². The molecular formula is C18H15ClFN3O2S. The summed E-state index contributed by atoms with van der Waals surface area (Å²) in [4.78, 5) is 28.4. The predicted molar refractivity (Wildman–Crippen MR) is 101 cm³/mol. The van der Waals surface area contributed by atoms with E-state index in [4.69, 9.17) is 11.6 Å². The van der Waals surface area contributed by atoms with Crippen molar-refractivity contribution in [2.45, 2.75) is 13.3 Å². The van der Waals surface area contributed by atoms with Crippen molar-refractivity contribution in [3.63, 3.8) is 0 Å². The number of hydrogen-bond acceptors (Lipinski definition) is 4. The lowest BCUT2D eigenvalue weighted by atomic mass is 10.2. The Balaban J connectivity index is 1.52. The molecule has 1 heterocycles. The minimum atomic E-state index is -0.517. The van der Waals surface area contributed by atoms with E-state index in [0.717, 1.165) is 27.9 Å². The van der Waals surface area contributed by atoms with Crippen LogP contribution < -0.4 is 10.6 Å². The van der Waals surface area contributed by atoms with E-state index in [0.29, 0.717) is 5.13 Å². The summed E-state index contributed by atoms with van der Waals surface area (Å²) < 4.78 is 14.0. The zero-order chi connectivity index (χ0) is 18.7. The molecule has 134 valence electrons. The third kappa shape index (κ3) is 4.36. The number of aryl methyl sites for hydroxylation is 1. The summed E-state index contributed by atoms with van der Waals surface area (Å²) in [5.74, 6) is -1.23. The Morgan fingerprint density at radius 2 is 2.04 bits per heavy atom. The van der Waals surface area contributed by atoms with Crippen LogP contribution in [0.1, 0.15) is 22.3 Å². The molecule has 8 heteroatoms. The van der Waals surface area contributed by atoms with E-state index in [1.165, 1.54) is 17.4 Å². The van der Waals surface area contributed by atoms with Crippen molar-refractivity contribution in [2.24, 2.45) is 0 Å². The molecule has 0 saturated heterocycles. The fourth-order valence-corrected chi connectivity index (χ4v) is 3.56. The van der Waals surface area contributed by atoms with E-state index in [9.17, 15) is 14.0 Å². The first-order valence-corrected chi connectivity index (χ1v) is 9.02. The Hall–Kier alpha value is -2.51. The molecule has 3 rings (SSSR count). The lowest BCUT2D eigenvalue weighted by Gasteiger charge is -2.06. The van der Waals surface area contributed by atoms with Crippen LogP contribution >= 0.6 is 22.9 Å². The predicted octanol–water partition coefficient (Wildman–Crippen LogP) is 4.16. The van der Waals surface area contributed by atoms with E-state index in [1.807, 2.05) is 25.1 Å². The number of fused-ring (bicyclic) bond motifs is 1. The van der Waals surface area contributed by atoms with Gasteiger partial charge in [-0.2, -0.15) is 0 Å². The number of anilines is 1. The van der Waals surface area contributed by atoms with Gasteiger partial charge in [-0.1, -0.05) is 29.0 Å². The number of halogens is 2. The smallest absolute Gasteiger partial charge is 0.252 e. The number of amides is 2. The maximum atomic E-state index is 13.0. The first-order valence-electron chi connectivity index (χ1n) is 7.82. The number of thiazole rings is 1. The molecule has 0 atom stereocenters. The normalized spacial score (nSPS) is 10.7. The SMILES string of the molecule is Cc1ccc2nc(NC(=O)CCNC(=O)c3ccc(F)cc3Cl)sc2c1. The summed E-state index contributed by atoms with van der Waals surface area (Å²) in [6.07, 6.45) is 0.0828. The number of aromatic nitrogens is 1. The highest BCUT2D eigenvalue weighted by Crippen LogP contribution is 2.26. The summed E-state index contributed by atoms with van der Waals surface area (Å²) in [6.45, 7) is 2.12. The second-order valence-electron chi connectivity index (χ2n) is 5.67. The molecule has 0 aliphatic rings. The van der Waals surface area contributed by atoms with Gasteiger partial charge in [-0.3, -0.25) is 9.59 Å². The molecule has 0 aliphatic heterocycles. The van der Waals surface area contributed by atoms with Crippen molar-refractivity contribution in [3.8, 4) is 0 Å². The van der Waals surface area contributed by atoms with Crippen LogP contribution in [0.4, 0.5) is 9.52 Å². The van der Waals surface area contributed by atoms with Gasteiger partial charge in [0.15, 0.2) is 5.13 Å². The third-order valence-corrected chi connectivity index (χ3v) is 4.85. The average Bonchev–Trinajstić information content (AvgIpc) is 2.95. The largest absolute Gasteiger partial charge is 0.351 e. The van der Waals surface area contributed by atoms with Crippen LogP contribution in [-0.2, 0) is 4.79 Å². The Morgan fingerprint density at radius 3 is 2.81 bits per heavy atom. The minimum absolute atomic E-state index is 0.0247. The van der Waals surface area contributed by atoms with Gasteiger partial charge in [0, 0.05) is 13.0 Å². The van der Waals surface area contributed by atoms with Crippen molar-refractivity contribution in [1.82, 2.24) is 10.3 Å². The third-order valence-electron chi connectivity index (χ3n) is 3.60. The molecule has 5 nitrogen and oxygen atoms in total. The summed E-state index contributed by atoms with van der Waals surface area (Å²) in [5.41, 5.74) is 2.12. The molecule has 0 radical (unpaired) electrons. The van der Waals surface area contributed by atoms with E-state index in [-0.39, 0.29) is 29.5 Å². The van der Waals surface area contributed by atoms with Crippen LogP contribution in [0.3, 0.4) is 0 Å². The highest BCUT2D eigenvalue weighted by Gasteiger charge is 2.12. The molecule has 2 N–H and O–H groups in total. The topological polar surface area (TPSA) is 71.1 Å². The highest BCUT2D eigenvalue weighted by molar-refractivity contribution is 7.22. The minimum Gasteiger partial charge on any atom is -0.351 e. The monoisotopic (exact) mass is 391 g/mol. The number of nitrogens with zero attached hydrogens (tertiary/aromatic N) is 1. The number of benzene rings is 2. The van der Waals surface area contributed by atoms with Gasteiger partial charge in [0.05, 0.1) is 20.8 Å². The van der Waals surface area contributed by atoms with E-state index < -0.39 is 11.7 Å². The Kier molecular flexibility index (Phi) is 5.49. The van der Waals surface area contributed by atoms with Crippen molar-refractivity contribution >= 4 is 50.1 Å². The second kappa shape index (κ2) is 7.80. The van der Waals surface area contributed by atoms with Gasteiger partial charge in [0.1, 0.15) is 5.82 Å². The maximum Gasteiger partial charge on any atom is 0.252 e. The van der Waals surface area contributed by atoms with Gasteiger partial charge >= 0.3 is 0 Å². The molecule has 0 saturated carbocycles. The van der Waals surface area contributed by atoms with Crippen molar-refractivity contribution in [2.75, 3.05) is 11.9 Å². The summed E-state index contributed by atoms with van der Waals surface area (Å²) in [7, 11) is 0. The molecule has 3 aromatic rings. The van der Waals surface area contributed by atoms with Gasteiger partial charge in [0.25, 0.3) is 5.91 Å². The molecule has 26 heavy (non-hydrogen) atoms. The van der Waals surface area contributed by atoms with Gasteiger partial charge < -0.3 is 10.6 Å². The van der Waals surface area contributed by atoms with Crippen LogP contribution in [-0.4, -0.2) is 23.3 Å². The lowest BCUT2D eigenvalue weighted by molar-refractivity contribution is -0.116. The highest BCUT2D eigenvalue weighted by atomic mass is 35.5. The van der Waals surface area contributed by atoms with Crippen molar-refractivity contribution in [3.05, 3.63) is 58.4 Å². The fraction of sp³-hybridized carbons (Fsp3) is 0.167. The number of hydrogen-bond donors (Lipinski definition) is 2. The summed E-state index contributed by atoms with van der Waals surface area (Å²) in [6, 6.07) is 9.40.